The fraction of sp³-hybridized carbons (Fsp3) is 0.300. The number of benzene rings is 2. The van der Waals surface area contributed by atoms with E-state index in [-0.39, 0.29) is 23.1 Å². The number of nitrogens with zero attached hydrogens (tertiary/aromatic N) is 2. The van der Waals surface area contributed by atoms with Gasteiger partial charge in [0, 0.05) is 37.8 Å². The molecule has 0 saturated carbocycles. The lowest BCUT2D eigenvalue weighted by Crippen LogP contribution is -2.46. The second-order valence-corrected chi connectivity index (χ2v) is 6.86. The van der Waals surface area contributed by atoms with Gasteiger partial charge in [0.2, 0.25) is 0 Å². The number of nitrogens with one attached hydrogen (secondary N) is 2. The van der Waals surface area contributed by atoms with Gasteiger partial charge in [0.05, 0.1) is 16.7 Å². The molecular formula is C20H22N4O4. The van der Waals surface area contributed by atoms with Gasteiger partial charge in [0.1, 0.15) is 11.5 Å². The molecule has 1 aliphatic rings. The molecule has 1 fully saturated rings. The Labute approximate surface area is 161 Å². The van der Waals surface area contributed by atoms with Crippen molar-refractivity contribution in [1.29, 1.82) is 0 Å². The van der Waals surface area contributed by atoms with Crippen LogP contribution in [0.2, 0.25) is 0 Å². The summed E-state index contributed by atoms with van der Waals surface area (Å²) in [5, 5.41) is 23.4. The number of phenolic OH excluding ortho intramolecular Hbond substituents is 2. The van der Waals surface area contributed by atoms with Gasteiger partial charge in [-0.3, -0.25) is 9.36 Å². The molecular weight excluding hydrogens is 360 g/mol. The minimum atomic E-state index is -0.426. The van der Waals surface area contributed by atoms with Crippen molar-refractivity contribution in [2.45, 2.75) is 13.3 Å². The van der Waals surface area contributed by atoms with Crippen molar-refractivity contribution in [2.24, 2.45) is 0 Å². The Bertz CT molecular complexity index is 1110. The molecule has 146 valence electrons. The summed E-state index contributed by atoms with van der Waals surface area (Å²) < 4.78 is 1.35. The number of rotatable bonds is 3. The van der Waals surface area contributed by atoms with E-state index in [0.29, 0.717) is 41.7 Å². The summed E-state index contributed by atoms with van der Waals surface area (Å²) in [5.74, 6) is -0.281. The van der Waals surface area contributed by atoms with Gasteiger partial charge in [0.15, 0.2) is 0 Å². The zero-order valence-electron chi connectivity index (χ0n) is 15.5. The number of aromatic hydroxyl groups is 2. The van der Waals surface area contributed by atoms with Gasteiger partial charge in [-0.05, 0) is 36.2 Å². The van der Waals surface area contributed by atoms with E-state index in [0.717, 1.165) is 13.1 Å². The lowest BCUT2D eigenvalue weighted by molar-refractivity contribution is 0.0736. The van der Waals surface area contributed by atoms with Crippen LogP contribution in [0, 0.1) is 0 Å². The van der Waals surface area contributed by atoms with E-state index in [2.05, 4.69) is 10.3 Å². The molecule has 0 aliphatic carbocycles. The van der Waals surface area contributed by atoms with Gasteiger partial charge in [0.25, 0.3) is 5.91 Å². The minimum absolute atomic E-state index is 0.0134. The van der Waals surface area contributed by atoms with Crippen LogP contribution < -0.4 is 11.0 Å². The molecule has 0 unspecified atom stereocenters. The van der Waals surface area contributed by atoms with Crippen LogP contribution in [0.25, 0.3) is 16.7 Å². The second kappa shape index (κ2) is 7.05. The highest BCUT2D eigenvalue weighted by molar-refractivity contribution is 5.97. The highest BCUT2D eigenvalue weighted by atomic mass is 16.3. The highest BCUT2D eigenvalue weighted by Gasteiger charge is 2.20. The zero-order valence-corrected chi connectivity index (χ0v) is 15.5. The van der Waals surface area contributed by atoms with Crippen LogP contribution in [0.15, 0.2) is 35.1 Å². The fourth-order valence-corrected chi connectivity index (χ4v) is 3.61. The molecule has 1 aliphatic heterocycles. The van der Waals surface area contributed by atoms with E-state index in [1.165, 1.54) is 10.6 Å². The molecule has 8 nitrogen and oxygen atoms in total. The van der Waals surface area contributed by atoms with Crippen LogP contribution in [0.1, 0.15) is 22.8 Å². The first-order valence-corrected chi connectivity index (χ1v) is 9.29. The van der Waals surface area contributed by atoms with Crippen molar-refractivity contribution in [3.05, 3.63) is 51.9 Å². The summed E-state index contributed by atoms with van der Waals surface area (Å²) in [6, 6.07) is 7.88. The van der Waals surface area contributed by atoms with E-state index in [1.807, 2.05) is 6.92 Å². The highest BCUT2D eigenvalue weighted by Crippen LogP contribution is 2.31. The SMILES string of the molecule is CCc1cc(-n2c(=O)[nH]c3cc(C(=O)N4CCNCC4)ccc32)c(O)cc1O. The molecule has 1 aromatic heterocycles. The summed E-state index contributed by atoms with van der Waals surface area (Å²) in [6.07, 6.45) is 0.555. The van der Waals surface area contributed by atoms with Gasteiger partial charge in [-0.2, -0.15) is 0 Å². The molecule has 28 heavy (non-hydrogen) atoms. The fourth-order valence-electron chi connectivity index (χ4n) is 3.61. The zero-order chi connectivity index (χ0) is 19.8. The maximum Gasteiger partial charge on any atom is 0.331 e. The van der Waals surface area contributed by atoms with E-state index in [1.54, 1.807) is 29.2 Å². The molecule has 1 amide bonds. The topological polar surface area (TPSA) is 111 Å². The number of hydrogen-bond donors (Lipinski definition) is 4. The number of amides is 1. The summed E-state index contributed by atoms with van der Waals surface area (Å²) >= 11 is 0. The number of imidazole rings is 1. The van der Waals surface area contributed by atoms with Gasteiger partial charge < -0.3 is 25.4 Å². The molecule has 0 spiro atoms. The molecule has 0 radical (unpaired) electrons. The average molecular weight is 382 g/mol. The number of phenols is 2. The average Bonchev–Trinajstić information content (AvgIpc) is 3.03. The Morgan fingerprint density at radius 2 is 1.86 bits per heavy atom. The van der Waals surface area contributed by atoms with Gasteiger partial charge in [-0.15, -0.1) is 0 Å². The lowest BCUT2D eigenvalue weighted by Gasteiger charge is -2.27. The third-order valence-electron chi connectivity index (χ3n) is 5.13. The van der Waals surface area contributed by atoms with Crippen LogP contribution in [0.5, 0.6) is 11.5 Å². The van der Waals surface area contributed by atoms with Crippen molar-refractivity contribution in [1.82, 2.24) is 19.8 Å². The summed E-state index contributed by atoms with van der Waals surface area (Å²) in [4.78, 5) is 29.8. The van der Waals surface area contributed by atoms with E-state index in [4.69, 9.17) is 0 Å². The van der Waals surface area contributed by atoms with Crippen molar-refractivity contribution in [2.75, 3.05) is 26.2 Å². The standard InChI is InChI=1S/C20H22N4O4/c1-2-12-10-16(18(26)11-17(12)25)24-15-4-3-13(9-14(15)22-20(24)28)19(27)23-7-5-21-6-8-23/h3-4,9-11,21,25-26H,2,5-8H2,1H3,(H,22,28). The second-order valence-electron chi connectivity index (χ2n) is 6.86. The monoisotopic (exact) mass is 382 g/mol. The number of carbonyl (C=O) groups is 1. The number of H-pyrrole nitrogens is 1. The Morgan fingerprint density at radius 1 is 1.11 bits per heavy atom. The minimum Gasteiger partial charge on any atom is -0.508 e. The molecule has 4 rings (SSSR count). The van der Waals surface area contributed by atoms with Crippen LogP contribution in [0.3, 0.4) is 0 Å². The first-order chi connectivity index (χ1) is 13.5. The van der Waals surface area contributed by atoms with E-state index in [9.17, 15) is 19.8 Å². The molecule has 4 N–H and O–H groups in total. The normalized spacial score (nSPS) is 14.5. The third kappa shape index (κ3) is 3.01. The smallest absolute Gasteiger partial charge is 0.331 e. The molecule has 1 saturated heterocycles. The summed E-state index contributed by atoms with van der Waals surface area (Å²) in [6.45, 7) is 4.70. The number of fused-ring (bicyclic) bond motifs is 1. The lowest BCUT2D eigenvalue weighted by atomic mass is 10.1. The number of carbonyl (C=O) groups excluding carboxylic acids is 1. The van der Waals surface area contributed by atoms with E-state index >= 15 is 0 Å². The molecule has 0 bridgehead atoms. The number of aromatic nitrogens is 2. The first kappa shape index (κ1) is 18.1. The van der Waals surface area contributed by atoms with Gasteiger partial charge in [-0.25, -0.2) is 4.79 Å². The van der Waals surface area contributed by atoms with Crippen LogP contribution >= 0.6 is 0 Å². The molecule has 0 atom stereocenters. The summed E-state index contributed by atoms with van der Waals surface area (Å²) in [5.41, 5.74) is 2.05. The van der Waals surface area contributed by atoms with E-state index < -0.39 is 5.69 Å². The molecule has 3 aromatic rings. The Morgan fingerprint density at radius 3 is 2.57 bits per heavy atom. The van der Waals surface area contributed by atoms with Crippen molar-refractivity contribution in [3.8, 4) is 17.2 Å². The largest absolute Gasteiger partial charge is 0.508 e. The Kier molecular flexibility index (Phi) is 4.56. The number of hydrogen-bond acceptors (Lipinski definition) is 5. The Hall–Kier alpha value is -3.26. The molecule has 2 heterocycles. The van der Waals surface area contributed by atoms with Crippen LogP contribution in [-0.4, -0.2) is 56.8 Å². The van der Waals surface area contributed by atoms with Gasteiger partial charge >= 0.3 is 5.69 Å². The third-order valence-corrected chi connectivity index (χ3v) is 5.13. The van der Waals surface area contributed by atoms with Gasteiger partial charge in [-0.1, -0.05) is 6.92 Å². The predicted molar refractivity (Wildman–Crippen MR) is 105 cm³/mol. The summed E-state index contributed by atoms with van der Waals surface area (Å²) in [7, 11) is 0. The number of aryl methyl sites for hydroxylation is 1. The van der Waals surface area contributed by atoms with Crippen LogP contribution in [0.4, 0.5) is 0 Å². The number of piperazine rings is 1. The van der Waals surface area contributed by atoms with Crippen molar-refractivity contribution >= 4 is 16.9 Å². The molecule has 8 heteroatoms. The maximum absolute atomic E-state index is 12.7. The Balaban J connectivity index is 1.79. The predicted octanol–water partition coefficient (Wildman–Crippen LogP) is 1.34. The van der Waals surface area contributed by atoms with Crippen LogP contribution in [-0.2, 0) is 6.42 Å². The first-order valence-electron chi connectivity index (χ1n) is 9.29. The number of aromatic amines is 1. The molecule has 2 aromatic carbocycles. The van der Waals surface area contributed by atoms with Crippen molar-refractivity contribution in [3.63, 3.8) is 0 Å². The quantitative estimate of drug-likeness (QED) is 0.546. The maximum atomic E-state index is 12.7. The van der Waals surface area contributed by atoms with Crippen molar-refractivity contribution < 1.29 is 15.0 Å².